The zero-order chi connectivity index (χ0) is 14.0. The molecule has 0 unspecified atom stereocenters. The van der Waals surface area contributed by atoms with Gasteiger partial charge in [0, 0.05) is 4.47 Å². The minimum atomic E-state index is -0.572. The minimum Gasteiger partial charge on any atom is -0.507 e. The molecule has 5 nitrogen and oxygen atoms in total. The molecule has 1 aromatic carbocycles. The molecular weight excluding hydrogens is 357 g/mol. The number of hydrogen-bond acceptors (Lipinski definition) is 4. The summed E-state index contributed by atoms with van der Waals surface area (Å²) in [5, 5.41) is 12.1. The quantitative estimate of drug-likeness (QED) is 0.801. The first kappa shape index (κ1) is 14.0. The number of hydrogen-bond donors (Lipinski definition) is 2. The molecule has 8 heteroatoms. The van der Waals surface area contributed by atoms with Gasteiger partial charge in [-0.1, -0.05) is 39.1 Å². The van der Waals surface area contributed by atoms with Crippen LogP contribution in [-0.4, -0.2) is 21.0 Å². The van der Waals surface area contributed by atoms with Gasteiger partial charge >= 0.3 is 0 Å². The second-order valence-electron chi connectivity index (χ2n) is 3.45. The second kappa shape index (κ2) is 5.73. The van der Waals surface area contributed by atoms with E-state index in [0.717, 1.165) is 0 Å². The topological polar surface area (TPSA) is 75.1 Å². The summed E-state index contributed by atoms with van der Waals surface area (Å²) in [6.07, 6.45) is 1.18. The molecule has 2 rings (SSSR count). The molecule has 0 spiro atoms. The largest absolute Gasteiger partial charge is 0.507 e. The molecule has 0 atom stereocenters. The first-order valence-electron chi connectivity index (χ1n) is 4.95. The Balaban J connectivity index is 2.34. The molecule has 19 heavy (non-hydrogen) atoms. The summed E-state index contributed by atoms with van der Waals surface area (Å²) in [5.41, 5.74) is 0.167. The highest BCUT2D eigenvalue weighted by Crippen LogP contribution is 2.28. The van der Waals surface area contributed by atoms with Crippen molar-refractivity contribution in [2.45, 2.75) is 0 Å². The van der Waals surface area contributed by atoms with Gasteiger partial charge in [-0.25, -0.2) is 9.97 Å². The summed E-state index contributed by atoms with van der Waals surface area (Å²) in [6.45, 7) is 0. The first-order valence-corrected chi connectivity index (χ1v) is 6.50. The minimum absolute atomic E-state index is 0.0165. The van der Waals surface area contributed by atoms with Gasteiger partial charge in [0.2, 0.25) is 0 Å². The van der Waals surface area contributed by atoms with Gasteiger partial charge in [0.1, 0.15) is 17.8 Å². The number of carbonyl (C=O) groups is 1. The lowest BCUT2D eigenvalue weighted by Gasteiger charge is -2.09. The maximum Gasteiger partial charge on any atom is 0.259 e. The molecule has 1 heterocycles. The van der Waals surface area contributed by atoms with Crippen molar-refractivity contribution in [3.05, 3.63) is 44.9 Å². The number of nitrogens with zero attached hydrogens (tertiary/aromatic N) is 2. The number of nitrogens with one attached hydrogen (secondary N) is 1. The SMILES string of the molecule is O=C(Nc1c(Cl)ncnc1Cl)c1cc(Br)ccc1O. The van der Waals surface area contributed by atoms with Gasteiger partial charge in [-0.2, -0.15) is 0 Å². The van der Waals surface area contributed by atoms with Crippen LogP contribution < -0.4 is 5.32 Å². The van der Waals surface area contributed by atoms with Gasteiger partial charge in [-0.3, -0.25) is 4.79 Å². The van der Waals surface area contributed by atoms with Gasteiger partial charge in [-0.05, 0) is 18.2 Å². The lowest BCUT2D eigenvalue weighted by Crippen LogP contribution is -2.13. The number of halogens is 3. The van der Waals surface area contributed by atoms with Crippen LogP contribution in [0, 0.1) is 0 Å². The molecule has 0 aliphatic carbocycles. The molecule has 0 saturated carbocycles. The Hall–Kier alpha value is -1.37. The Morgan fingerprint density at radius 3 is 2.53 bits per heavy atom. The number of aromatic nitrogens is 2. The third kappa shape index (κ3) is 3.15. The zero-order valence-electron chi connectivity index (χ0n) is 9.19. The van der Waals surface area contributed by atoms with E-state index < -0.39 is 5.91 Å². The lowest BCUT2D eigenvalue weighted by atomic mass is 10.2. The van der Waals surface area contributed by atoms with Crippen LogP contribution in [-0.2, 0) is 0 Å². The van der Waals surface area contributed by atoms with Gasteiger partial charge in [0.15, 0.2) is 10.3 Å². The van der Waals surface area contributed by atoms with Gasteiger partial charge < -0.3 is 10.4 Å². The second-order valence-corrected chi connectivity index (χ2v) is 5.08. The lowest BCUT2D eigenvalue weighted by molar-refractivity contribution is 0.102. The summed E-state index contributed by atoms with van der Waals surface area (Å²) in [4.78, 5) is 19.4. The molecule has 0 radical (unpaired) electrons. The van der Waals surface area contributed by atoms with Crippen LogP contribution in [0.15, 0.2) is 29.0 Å². The molecule has 98 valence electrons. The van der Waals surface area contributed by atoms with Gasteiger partial charge in [0.25, 0.3) is 5.91 Å². The number of rotatable bonds is 2. The third-order valence-electron chi connectivity index (χ3n) is 2.20. The van der Waals surface area contributed by atoms with Crippen LogP contribution in [0.4, 0.5) is 5.69 Å². The van der Waals surface area contributed by atoms with E-state index in [4.69, 9.17) is 23.2 Å². The molecule has 1 aromatic heterocycles. The predicted octanol–water partition coefficient (Wildman–Crippen LogP) is 3.50. The van der Waals surface area contributed by atoms with Crippen molar-refractivity contribution in [2.24, 2.45) is 0 Å². The van der Waals surface area contributed by atoms with E-state index in [-0.39, 0.29) is 27.3 Å². The van der Waals surface area contributed by atoms with Gasteiger partial charge in [0.05, 0.1) is 5.56 Å². The summed E-state index contributed by atoms with van der Waals surface area (Å²) >= 11 is 14.8. The van der Waals surface area contributed by atoms with Crippen LogP contribution >= 0.6 is 39.1 Å². The molecule has 0 bridgehead atoms. The number of aromatic hydroxyl groups is 1. The number of anilines is 1. The molecule has 0 aliphatic rings. The fourth-order valence-corrected chi connectivity index (χ4v) is 2.09. The number of amides is 1. The van der Waals surface area contributed by atoms with Crippen molar-refractivity contribution in [2.75, 3.05) is 5.32 Å². The van der Waals surface area contributed by atoms with E-state index in [0.29, 0.717) is 4.47 Å². The van der Waals surface area contributed by atoms with Gasteiger partial charge in [-0.15, -0.1) is 0 Å². The molecule has 1 amide bonds. The zero-order valence-corrected chi connectivity index (χ0v) is 12.3. The standard InChI is InChI=1S/C11H6BrCl2N3O2/c12-5-1-2-7(18)6(3-5)11(19)17-8-9(13)15-4-16-10(8)14/h1-4,18H,(H,17,19). The van der Waals surface area contributed by atoms with Crippen molar-refractivity contribution in [1.29, 1.82) is 0 Å². The Kier molecular flexibility index (Phi) is 4.24. The number of phenolic OH excluding ortho intramolecular Hbond substituents is 1. The molecule has 2 N–H and O–H groups in total. The average Bonchev–Trinajstić information content (AvgIpc) is 2.37. The van der Waals surface area contributed by atoms with E-state index in [2.05, 4.69) is 31.2 Å². The Morgan fingerprint density at radius 2 is 1.89 bits per heavy atom. The van der Waals surface area contributed by atoms with Crippen LogP contribution in [0.3, 0.4) is 0 Å². The smallest absolute Gasteiger partial charge is 0.259 e. The fraction of sp³-hybridized carbons (Fsp3) is 0. The number of phenols is 1. The van der Waals surface area contributed by atoms with E-state index in [1.165, 1.54) is 18.5 Å². The van der Waals surface area contributed by atoms with E-state index in [1.54, 1.807) is 6.07 Å². The summed E-state index contributed by atoms with van der Waals surface area (Å²) < 4.78 is 0.650. The summed E-state index contributed by atoms with van der Waals surface area (Å²) in [7, 11) is 0. The van der Waals surface area contributed by atoms with Crippen LogP contribution in [0.1, 0.15) is 10.4 Å². The first-order chi connectivity index (χ1) is 8.99. The summed E-state index contributed by atoms with van der Waals surface area (Å²) in [6, 6.07) is 4.47. The highest BCUT2D eigenvalue weighted by atomic mass is 79.9. The third-order valence-corrected chi connectivity index (χ3v) is 3.26. The van der Waals surface area contributed by atoms with Crippen LogP contribution in [0.5, 0.6) is 5.75 Å². The molecule has 2 aromatic rings. The van der Waals surface area contributed by atoms with E-state index in [9.17, 15) is 9.90 Å². The Bertz CT molecular complexity index is 632. The van der Waals surface area contributed by atoms with Crippen molar-refractivity contribution in [3.63, 3.8) is 0 Å². The van der Waals surface area contributed by atoms with Crippen molar-refractivity contribution in [1.82, 2.24) is 9.97 Å². The highest BCUT2D eigenvalue weighted by molar-refractivity contribution is 9.10. The van der Waals surface area contributed by atoms with Crippen molar-refractivity contribution >= 4 is 50.7 Å². The molecule has 0 saturated heterocycles. The van der Waals surface area contributed by atoms with E-state index >= 15 is 0 Å². The number of carbonyl (C=O) groups excluding carboxylic acids is 1. The predicted molar refractivity (Wildman–Crippen MR) is 75.8 cm³/mol. The Labute approximate surface area is 126 Å². The maximum absolute atomic E-state index is 12.0. The van der Waals surface area contributed by atoms with Crippen molar-refractivity contribution < 1.29 is 9.90 Å². The maximum atomic E-state index is 12.0. The molecule has 0 aliphatic heterocycles. The Morgan fingerprint density at radius 1 is 1.26 bits per heavy atom. The monoisotopic (exact) mass is 361 g/mol. The van der Waals surface area contributed by atoms with Crippen LogP contribution in [0.25, 0.3) is 0 Å². The van der Waals surface area contributed by atoms with E-state index in [1.807, 2.05) is 0 Å². The fourth-order valence-electron chi connectivity index (χ4n) is 1.32. The number of benzene rings is 1. The normalized spacial score (nSPS) is 10.3. The molecule has 0 fully saturated rings. The molecular formula is C11H6BrCl2N3O2. The van der Waals surface area contributed by atoms with Crippen molar-refractivity contribution in [3.8, 4) is 5.75 Å². The average molecular weight is 363 g/mol. The van der Waals surface area contributed by atoms with Crippen LogP contribution in [0.2, 0.25) is 10.3 Å². The highest BCUT2D eigenvalue weighted by Gasteiger charge is 2.16. The summed E-state index contributed by atoms with van der Waals surface area (Å²) in [5.74, 6) is -0.734.